The largest absolute Gasteiger partial charge is 0.462 e. The highest BCUT2D eigenvalue weighted by Crippen LogP contribution is 2.18. The van der Waals surface area contributed by atoms with Crippen LogP contribution < -0.4 is 0 Å². The summed E-state index contributed by atoms with van der Waals surface area (Å²) < 4.78 is 16.9. The van der Waals surface area contributed by atoms with E-state index in [-0.39, 0.29) is 37.5 Å². The molecule has 6 nitrogen and oxygen atoms in total. The minimum atomic E-state index is -0.797. The monoisotopic (exact) mass is 1100 g/mol. The first kappa shape index (κ1) is 75.8. The molecular weight excluding hydrogens is 973 g/mol. The van der Waals surface area contributed by atoms with Crippen LogP contribution >= 0.6 is 0 Å². The van der Waals surface area contributed by atoms with Gasteiger partial charge in [-0.05, 0) is 70.6 Å². The second-order valence-corrected chi connectivity index (χ2v) is 23.1. The third-order valence-corrected chi connectivity index (χ3v) is 15.2. The number of rotatable bonds is 63. The van der Waals surface area contributed by atoms with Crippen molar-refractivity contribution in [1.29, 1.82) is 0 Å². The smallest absolute Gasteiger partial charge is 0.306 e. The quantitative estimate of drug-likeness (QED) is 0.0261. The van der Waals surface area contributed by atoms with Gasteiger partial charge in [-0.2, -0.15) is 0 Å². The molecule has 0 heterocycles. The van der Waals surface area contributed by atoms with E-state index < -0.39 is 6.10 Å². The predicted molar refractivity (Wildman–Crippen MR) is 344 cm³/mol. The summed E-state index contributed by atoms with van der Waals surface area (Å²) in [7, 11) is 0. The molecule has 0 spiro atoms. The highest BCUT2D eigenvalue weighted by Gasteiger charge is 2.19. The lowest BCUT2D eigenvalue weighted by molar-refractivity contribution is -0.167. The second kappa shape index (κ2) is 67.4. The maximum absolute atomic E-state index is 12.9. The lowest BCUT2D eigenvalue weighted by Gasteiger charge is -2.18. The molecule has 0 amide bonds. The number of allylic oxidation sites excluding steroid dienone is 12. The Morgan fingerprint density at radius 2 is 0.494 bits per heavy atom. The SMILES string of the molecule is CC/C=C\C/C=C\C/C=C\C/C=C\C/C=C\C/C=C\CCCCC(=O)OC(COC(=O)CCCCCCCCCCCCCCCCCC)COC(=O)CCCCCCCCCCCCCCCCCCCCCCCCCC. The van der Waals surface area contributed by atoms with Crippen LogP contribution in [0.2, 0.25) is 0 Å². The van der Waals surface area contributed by atoms with Gasteiger partial charge in [0.2, 0.25) is 0 Å². The van der Waals surface area contributed by atoms with Crippen molar-refractivity contribution in [3.63, 3.8) is 0 Å². The van der Waals surface area contributed by atoms with Crippen LogP contribution in [0.3, 0.4) is 0 Å². The summed E-state index contributed by atoms with van der Waals surface area (Å²) in [6, 6.07) is 0. The number of carbonyl (C=O) groups is 3. The van der Waals surface area contributed by atoms with Crippen molar-refractivity contribution in [3.05, 3.63) is 72.9 Å². The van der Waals surface area contributed by atoms with Crippen molar-refractivity contribution >= 4 is 17.9 Å². The molecule has 0 aromatic carbocycles. The molecule has 0 aliphatic carbocycles. The number of esters is 3. The van der Waals surface area contributed by atoms with E-state index in [0.717, 1.165) is 89.9 Å². The standard InChI is InChI=1S/C73H130O6/c1-4-7-10-13-16-19-22-25-28-31-33-35-36-37-39-40-42-45-48-51-54-57-60-63-66-72(75)78-69-70(68-77-71(74)65-62-59-56-53-50-47-44-30-27-24-21-18-15-12-9-6-3)79-73(76)67-64-61-58-55-52-49-46-43-41-38-34-32-29-26-23-20-17-14-11-8-5-2/h8,11,17,20,26,29,34,38,43,46,52,55,70H,4-7,9-10,12-16,18-19,21-25,27-28,30-33,35-37,39-42,44-45,47-51,53-54,56-69H2,1-3H3/b11-8-,20-17-,29-26-,38-34-,46-43-,55-52-. The summed E-state index contributed by atoms with van der Waals surface area (Å²) >= 11 is 0. The van der Waals surface area contributed by atoms with Crippen molar-refractivity contribution in [3.8, 4) is 0 Å². The van der Waals surface area contributed by atoms with Gasteiger partial charge in [0.1, 0.15) is 13.2 Å². The van der Waals surface area contributed by atoms with E-state index >= 15 is 0 Å². The molecule has 1 atom stereocenters. The minimum absolute atomic E-state index is 0.0885. The second-order valence-electron chi connectivity index (χ2n) is 23.1. The third kappa shape index (κ3) is 65.5. The fraction of sp³-hybridized carbons (Fsp3) is 0.795. The van der Waals surface area contributed by atoms with Gasteiger partial charge >= 0.3 is 17.9 Å². The van der Waals surface area contributed by atoms with Gasteiger partial charge in [0.25, 0.3) is 0 Å². The summed E-state index contributed by atoms with van der Waals surface area (Å²) in [5.74, 6) is -0.910. The lowest BCUT2D eigenvalue weighted by Crippen LogP contribution is -2.30. The van der Waals surface area contributed by atoms with E-state index in [4.69, 9.17) is 14.2 Å². The summed E-state index contributed by atoms with van der Waals surface area (Å²) in [6.07, 6.45) is 87.8. The van der Waals surface area contributed by atoms with Crippen LogP contribution in [0.4, 0.5) is 0 Å². The van der Waals surface area contributed by atoms with Gasteiger partial charge in [-0.3, -0.25) is 14.4 Å². The van der Waals surface area contributed by atoms with Crippen LogP contribution in [-0.4, -0.2) is 37.2 Å². The molecule has 79 heavy (non-hydrogen) atoms. The summed E-state index contributed by atoms with van der Waals surface area (Å²) in [6.45, 7) is 6.55. The lowest BCUT2D eigenvalue weighted by atomic mass is 10.0. The highest BCUT2D eigenvalue weighted by atomic mass is 16.6. The molecule has 0 saturated heterocycles. The normalized spacial score (nSPS) is 12.5. The van der Waals surface area contributed by atoms with Crippen LogP contribution in [0.5, 0.6) is 0 Å². The van der Waals surface area contributed by atoms with E-state index in [1.54, 1.807) is 0 Å². The van der Waals surface area contributed by atoms with E-state index in [2.05, 4.69) is 93.7 Å². The molecule has 0 rings (SSSR count). The van der Waals surface area contributed by atoms with E-state index in [1.165, 1.54) is 218 Å². The van der Waals surface area contributed by atoms with Crippen molar-refractivity contribution < 1.29 is 28.6 Å². The van der Waals surface area contributed by atoms with Crippen LogP contribution in [0.1, 0.15) is 355 Å². The molecule has 0 N–H and O–H groups in total. The molecule has 0 aromatic rings. The number of ether oxygens (including phenoxy) is 3. The summed E-state index contributed by atoms with van der Waals surface area (Å²) in [5.41, 5.74) is 0. The predicted octanol–water partition coefficient (Wildman–Crippen LogP) is 23.7. The molecule has 0 aliphatic heterocycles. The molecular formula is C73H130O6. The van der Waals surface area contributed by atoms with Crippen LogP contribution in [0.15, 0.2) is 72.9 Å². The Morgan fingerprint density at radius 3 is 0.772 bits per heavy atom. The maximum Gasteiger partial charge on any atom is 0.306 e. The van der Waals surface area contributed by atoms with Gasteiger partial charge in [-0.15, -0.1) is 0 Å². The van der Waals surface area contributed by atoms with Crippen molar-refractivity contribution in [2.24, 2.45) is 0 Å². The molecule has 458 valence electrons. The van der Waals surface area contributed by atoms with Gasteiger partial charge < -0.3 is 14.2 Å². The Kier molecular flexibility index (Phi) is 64.7. The van der Waals surface area contributed by atoms with E-state index in [9.17, 15) is 14.4 Å². The van der Waals surface area contributed by atoms with Gasteiger partial charge in [-0.1, -0.05) is 338 Å². The van der Waals surface area contributed by atoms with Crippen molar-refractivity contribution in [2.75, 3.05) is 13.2 Å². The molecule has 0 saturated carbocycles. The van der Waals surface area contributed by atoms with Gasteiger partial charge in [0.15, 0.2) is 6.10 Å². The van der Waals surface area contributed by atoms with Crippen LogP contribution in [-0.2, 0) is 28.6 Å². The van der Waals surface area contributed by atoms with Gasteiger partial charge in [0, 0.05) is 19.3 Å². The zero-order valence-electron chi connectivity index (χ0n) is 52.6. The first-order valence-electron chi connectivity index (χ1n) is 34.4. The molecule has 0 radical (unpaired) electrons. The summed E-state index contributed by atoms with van der Waals surface area (Å²) in [5, 5.41) is 0. The average molecular weight is 1100 g/mol. The van der Waals surface area contributed by atoms with Crippen LogP contribution in [0.25, 0.3) is 0 Å². The first-order chi connectivity index (χ1) is 39.0. The minimum Gasteiger partial charge on any atom is -0.462 e. The molecule has 0 aliphatic rings. The van der Waals surface area contributed by atoms with Gasteiger partial charge in [0.05, 0.1) is 0 Å². The summed E-state index contributed by atoms with van der Waals surface area (Å²) in [4.78, 5) is 38.4. The van der Waals surface area contributed by atoms with Crippen molar-refractivity contribution in [2.45, 2.75) is 361 Å². The number of unbranched alkanes of at least 4 members (excludes halogenated alkanes) is 40. The number of hydrogen-bond acceptors (Lipinski definition) is 6. The average Bonchev–Trinajstić information content (AvgIpc) is 3.45. The van der Waals surface area contributed by atoms with Crippen LogP contribution in [0, 0.1) is 0 Å². The Labute approximate surface area is 491 Å². The Bertz CT molecular complexity index is 1450. The maximum atomic E-state index is 12.9. The fourth-order valence-electron chi connectivity index (χ4n) is 10.1. The molecule has 6 heteroatoms. The Balaban J connectivity index is 4.37. The highest BCUT2D eigenvalue weighted by molar-refractivity contribution is 5.71. The third-order valence-electron chi connectivity index (χ3n) is 15.2. The zero-order valence-corrected chi connectivity index (χ0v) is 52.6. The zero-order chi connectivity index (χ0) is 57.1. The van der Waals surface area contributed by atoms with E-state index in [0.29, 0.717) is 19.3 Å². The molecule has 0 fully saturated rings. The van der Waals surface area contributed by atoms with E-state index in [1.807, 2.05) is 0 Å². The topological polar surface area (TPSA) is 78.9 Å². The molecule has 0 bridgehead atoms. The number of hydrogen-bond donors (Lipinski definition) is 0. The molecule has 1 unspecified atom stereocenters. The molecule has 0 aromatic heterocycles. The Morgan fingerprint density at radius 1 is 0.266 bits per heavy atom. The first-order valence-corrected chi connectivity index (χ1v) is 34.4. The van der Waals surface area contributed by atoms with Gasteiger partial charge in [-0.25, -0.2) is 0 Å². The van der Waals surface area contributed by atoms with Crippen molar-refractivity contribution in [1.82, 2.24) is 0 Å². The number of carbonyl (C=O) groups excluding carboxylic acids is 3. The Hall–Kier alpha value is -3.15. The fourth-order valence-corrected chi connectivity index (χ4v) is 10.1.